The number of rotatable bonds is 6. The van der Waals surface area contributed by atoms with Crippen molar-refractivity contribution in [2.75, 3.05) is 39.8 Å². The van der Waals surface area contributed by atoms with Gasteiger partial charge in [0.25, 0.3) is 5.91 Å². The van der Waals surface area contributed by atoms with E-state index in [9.17, 15) is 4.79 Å². The van der Waals surface area contributed by atoms with Crippen LogP contribution in [0.15, 0.2) is 12.7 Å². The molecular weight excluding hydrogens is 314 g/mol. The van der Waals surface area contributed by atoms with E-state index in [1.807, 2.05) is 11.0 Å². The van der Waals surface area contributed by atoms with Crippen LogP contribution in [0, 0.1) is 0 Å². The number of hydrogen-bond donors (Lipinski definition) is 1. The first-order valence-corrected chi connectivity index (χ1v) is 9.54. The molecule has 0 aromatic carbocycles. The van der Waals surface area contributed by atoms with Crippen molar-refractivity contribution >= 4 is 5.91 Å². The van der Waals surface area contributed by atoms with Gasteiger partial charge in [0.1, 0.15) is 0 Å². The molecule has 6 nitrogen and oxygen atoms in total. The third-order valence-corrected chi connectivity index (χ3v) is 5.33. The molecule has 0 spiro atoms. The van der Waals surface area contributed by atoms with Crippen LogP contribution in [0.2, 0.25) is 0 Å². The second-order valence-electron chi connectivity index (χ2n) is 7.23. The van der Waals surface area contributed by atoms with Gasteiger partial charge in [0.15, 0.2) is 5.69 Å². The maximum atomic E-state index is 13.1. The van der Waals surface area contributed by atoms with E-state index in [4.69, 9.17) is 5.10 Å². The van der Waals surface area contributed by atoms with E-state index in [2.05, 4.69) is 35.4 Å². The number of carbonyl (C=O) groups is 1. The molecule has 1 fully saturated rings. The summed E-state index contributed by atoms with van der Waals surface area (Å²) in [6.45, 7) is 11.1. The van der Waals surface area contributed by atoms with E-state index in [1.54, 1.807) is 0 Å². The summed E-state index contributed by atoms with van der Waals surface area (Å²) >= 11 is 0. The van der Waals surface area contributed by atoms with Crippen molar-refractivity contribution in [3.8, 4) is 0 Å². The number of fused-ring (bicyclic) bond motifs is 1. The number of piperazine rings is 1. The molecule has 1 aromatic rings. The van der Waals surface area contributed by atoms with Gasteiger partial charge < -0.3 is 15.1 Å². The molecule has 6 heteroatoms. The fourth-order valence-corrected chi connectivity index (χ4v) is 3.84. The van der Waals surface area contributed by atoms with Crippen LogP contribution in [-0.2, 0) is 19.4 Å². The Morgan fingerprint density at radius 1 is 1.36 bits per heavy atom. The Kier molecular flexibility index (Phi) is 5.91. The molecule has 0 saturated carbocycles. The molecule has 1 N–H and O–H groups in total. The molecule has 2 heterocycles. The van der Waals surface area contributed by atoms with E-state index in [0.29, 0.717) is 11.7 Å². The number of aromatic nitrogens is 2. The summed E-state index contributed by atoms with van der Waals surface area (Å²) in [6.07, 6.45) is 5.91. The molecule has 0 bridgehead atoms. The topological polar surface area (TPSA) is 53.4 Å². The number of hydrogen-bond acceptors (Lipinski definition) is 4. The largest absolute Gasteiger partial charge is 0.335 e. The molecule has 1 aliphatic carbocycles. The van der Waals surface area contributed by atoms with E-state index in [0.717, 1.165) is 65.0 Å². The van der Waals surface area contributed by atoms with Gasteiger partial charge in [-0.1, -0.05) is 13.0 Å². The summed E-state index contributed by atoms with van der Waals surface area (Å²) < 4.78 is 2.09. The summed E-state index contributed by atoms with van der Waals surface area (Å²) in [5.74, 6) is 0.114. The van der Waals surface area contributed by atoms with Crippen molar-refractivity contribution in [1.82, 2.24) is 24.9 Å². The first-order chi connectivity index (χ1) is 12.1. The van der Waals surface area contributed by atoms with Gasteiger partial charge in [-0.05, 0) is 32.7 Å². The Bertz CT molecular complexity index is 616. The van der Waals surface area contributed by atoms with E-state index in [-0.39, 0.29) is 5.91 Å². The van der Waals surface area contributed by atoms with Gasteiger partial charge in [-0.3, -0.25) is 9.48 Å². The van der Waals surface area contributed by atoms with E-state index >= 15 is 0 Å². The zero-order valence-electron chi connectivity index (χ0n) is 15.6. The Balaban J connectivity index is 1.83. The highest BCUT2D eigenvalue weighted by molar-refractivity contribution is 5.94. The quantitative estimate of drug-likeness (QED) is 0.790. The van der Waals surface area contributed by atoms with Crippen molar-refractivity contribution in [2.45, 2.75) is 45.2 Å². The Morgan fingerprint density at radius 2 is 2.12 bits per heavy atom. The molecule has 138 valence electrons. The van der Waals surface area contributed by atoms with Crippen molar-refractivity contribution in [2.24, 2.45) is 0 Å². The lowest BCUT2D eigenvalue weighted by Gasteiger charge is -2.32. The highest BCUT2D eigenvalue weighted by Gasteiger charge is 2.31. The molecule has 0 unspecified atom stereocenters. The number of carbonyl (C=O) groups excluding carboxylic acids is 1. The fourth-order valence-electron chi connectivity index (χ4n) is 3.84. The average Bonchev–Trinajstić information content (AvgIpc) is 2.98. The molecule has 1 atom stereocenters. The van der Waals surface area contributed by atoms with Crippen LogP contribution in [-0.4, -0.2) is 71.3 Å². The minimum atomic E-state index is 0.114. The number of likely N-dealkylation sites (N-methyl/N-ethyl adjacent to an activating group) is 1. The Morgan fingerprint density at radius 3 is 2.80 bits per heavy atom. The Labute approximate surface area is 150 Å². The molecule has 2 aliphatic rings. The van der Waals surface area contributed by atoms with Crippen LogP contribution in [0.5, 0.6) is 0 Å². The highest BCUT2D eigenvalue weighted by atomic mass is 16.2. The maximum Gasteiger partial charge on any atom is 0.274 e. The second-order valence-corrected chi connectivity index (χ2v) is 7.23. The van der Waals surface area contributed by atoms with E-state index in [1.165, 1.54) is 11.3 Å². The summed E-state index contributed by atoms with van der Waals surface area (Å²) in [4.78, 5) is 17.4. The third kappa shape index (κ3) is 3.96. The van der Waals surface area contributed by atoms with Gasteiger partial charge in [0.2, 0.25) is 0 Å². The van der Waals surface area contributed by atoms with Crippen LogP contribution in [0.1, 0.15) is 41.5 Å². The highest BCUT2D eigenvalue weighted by Crippen LogP contribution is 2.26. The number of nitrogens with zero attached hydrogens (tertiary/aromatic N) is 4. The number of amides is 1. The van der Waals surface area contributed by atoms with Crippen LogP contribution in [0.4, 0.5) is 0 Å². The van der Waals surface area contributed by atoms with Crippen molar-refractivity contribution < 1.29 is 4.79 Å². The number of aryl methyl sites for hydroxylation is 1. The third-order valence-electron chi connectivity index (χ3n) is 5.33. The van der Waals surface area contributed by atoms with Crippen LogP contribution in [0.3, 0.4) is 0 Å². The second kappa shape index (κ2) is 8.15. The van der Waals surface area contributed by atoms with Gasteiger partial charge in [-0.15, -0.1) is 6.58 Å². The van der Waals surface area contributed by atoms with Crippen LogP contribution >= 0.6 is 0 Å². The maximum absolute atomic E-state index is 13.1. The smallest absolute Gasteiger partial charge is 0.274 e. The standard InChI is InChI=1S/C19H31N5O/c1-4-8-20-15-6-7-17-16(14-15)18(21-24(17)9-5-2)19(25)23-12-10-22(3)11-13-23/h4,15,20H,1,5-14H2,2-3H3/t15-/m0/s1. The lowest BCUT2D eigenvalue weighted by atomic mass is 9.91. The summed E-state index contributed by atoms with van der Waals surface area (Å²) in [7, 11) is 2.11. The van der Waals surface area contributed by atoms with Crippen molar-refractivity contribution in [3.63, 3.8) is 0 Å². The molecule has 1 amide bonds. The summed E-state index contributed by atoms with van der Waals surface area (Å²) in [6, 6.07) is 0.406. The van der Waals surface area contributed by atoms with Crippen LogP contribution in [0.25, 0.3) is 0 Å². The van der Waals surface area contributed by atoms with Crippen molar-refractivity contribution in [3.05, 3.63) is 29.6 Å². The van der Waals surface area contributed by atoms with Crippen molar-refractivity contribution in [1.29, 1.82) is 0 Å². The van der Waals surface area contributed by atoms with Gasteiger partial charge in [0, 0.05) is 56.6 Å². The average molecular weight is 345 g/mol. The predicted molar refractivity (Wildman–Crippen MR) is 99.9 cm³/mol. The van der Waals surface area contributed by atoms with Gasteiger partial charge in [0.05, 0.1) is 0 Å². The first-order valence-electron chi connectivity index (χ1n) is 9.54. The lowest BCUT2D eigenvalue weighted by Crippen LogP contribution is -2.47. The first kappa shape index (κ1) is 18.1. The SMILES string of the molecule is C=CCN[C@H]1CCc2c(c(C(=O)N3CCN(C)CC3)nn2CCC)C1. The molecule has 1 saturated heterocycles. The molecule has 0 radical (unpaired) electrons. The normalized spacial score (nSPS) is 21.2. The monoisotopic (exact) mass is 345 g/mol. The predicted octanol–water partition coefficient (Wildman–Crippen LogP) is 1.31. The summed E-state index contributed by atoms with van der Waals surface area (Å²) in [5.41, 5.74) is 3.14. The molecule has 3 rings (SSSR count). The minimum absolute atomic E-state index is 0.114. The fraction of sp³-hybridized carbons (Fsp3) is 0.684. The van der Waals surface area contributed by atoms with Gasteiger partial charge in [-0.25, -0.2) is 0 Å². The van der Waals surface area contributed by atoms with Gasteiger partial charge in [-0.2, -0.15) is 5.10 Å². The molecular formula is C19H31N5O. The Hall–Kier alpha value is -1.66. The van der Waals surface area contributed by atoms with E-state index < -0.39 is 0 Å². The zero-order chi connectivity index (χ0) is 17.8. The van der Waals surface area contributed by atoms with Gasteiger partial charge >= 0.3 is 0 Å². The minimum Gasteiger partial charge on any atom is -0.335 e. The molecule has 1 aromatic heterocycles. The molecule has 1 aliphatic heterocycles. The lowest BCUT2D eigenvalue weighted by molar-refractivity contribution is 0.0656. The van der Waals surface area contributed by atoms with Crippen LogP contribution < -0.4 is 5.32 Å². The zero-order valence-corrected chi connectivity index (χ0v) is 15.6. The molecule has 25 heavy (non-hydrogen) atoms. The summed E-state index contributed by atoms with van der Waals surface area (Å²) in [5, 5.41) is 8.27. The number of nitrogens with one attached hydrogen (secondary N) is 1.